The Morgan fingerprint density at radius 2 is 0.562 bits per heavy atom. The Kier molecular flexibility index (Phi) is 17.4. The minimum Gasteiger partial charge on any atom is -0.773 e. The van der Waals surface area contributed by atoms with Gasteiger partial charge in [0.25, 0.3) is 0 Å². The summed E-state index contributed by atoms with van der Waals surface area (Å²) in [5.74, 6) is 0.209. The summed E-state index contributed by atoms with van der Waals surface area (Å²) in [5.41, 5.74) is 0.863. The van der Waals surface area contributed by atoms with Crippen molar-refractivity contribution in [1.29, 1.82) is 0 Å². The molecular weight excluding hydrogens is 1050 g/mol. The van der Waals surface area contributed by atoms with Gasteiger partial charge in [0.15, 0.2) is 0 Å². The molecule has 1 fully saturated rings. The largest absolute Gasteiger partial charge is 2.00 e. The molecule has 0 saturated heterocycles. The standard InChI is InChI=1S/C21H24OS3.2C18H15P.Pt/c1-18(2)17(22)19(3,4)21(18,24)25-20(23,15-11-7-5-8-12-15)16-13-9-6-10-14-16;2*1-4-10-16(11-5-1)19(17-12-6-2-7-13-17)18-14-8-3-9-15-18;/h5-14,23-24H,1-4H3;2*1-15H;/q;;;+2/p-2. The van der Waals surface area contributed by atoms with Crippen LogP contribution in [-0.4, -0.2) is 9.86 Å². The van der Waals surface area contributed by atoms with E-state index in [4.69, 9.17) is 25.3 Å². The molecule has 9 rings (SSSR count). The van der Waals surface area contributed by atoms with Crippen molar-refractivity contribution < 1.29 is 25.9 Å². The number of benzene rings is 8. The Morgan fingerprint density at radius 1 is 0.375 bits per heavy atom. The van der Waals surface area contributed by atoms with Gasteiger partial charge in [-0.05, 0) is 47.7 Å². The molecule has 1 nitrogen and oxygen atoms in total. The second-order valence-corrected chi connectivity index (χ2v) is 23.9. The van der Waals surface area contributed by atoms with Crippen molar-refractivity contribution >= 4 is 90.5 Å². The summed E-state index contributed by atoms with van der Waals surface area (Å²) in [7, 11) is -0.892. The first kappa shape index (κ1) is 49.5. The van der Waals surface area contributed by atoms with Crippen LogP contribution in [0, 0.1) is 10.8 Å². The zero-order chi connectivity index (χ0) is 44.3. The van der Waals surface area contributed by atoms with Gasteiger partial charge in [0, 0.05) is 10.8 Å². The van der Waals surface area contributed by atoms with Crippen LogP contribution in [0.25, 0.3) is 0 Å². The van der Waals surface area contributed by atoms with E-state index in [2.05, 4.69) is 182 Å². The van der Waals surface area contributed by atoms with E-state index in [0.29, 0.717) is 0 Å². The van der Waals surface area contributed by atoms with E-state index >= 15 is 0 Å². The molecule has 1 aliphatic carbocycles. The van der Waals surface area contributed by atoms with Gasteiger partial charge in [-0.25, -0.2) is 0 Å². The fourth-order valence-corrected chi connectivity index (χ4v) is 15.8. The Hall–Kier alpha value is -3.97. The summed E-state index contributed by atoms with van der Waals surface area (Å²) < 4.78 is -1.41. The van der Waals surface area contributed by atoms with E-state index in [1.807, 2.05) is 88.4 Å². The molecule has 0 spiro atoms. The Balaban J connectivity index is 0.000000160. The summed E-state index contributed by atoms with van der Waals surface area (Å²) >= 11 is 13.9. The van der Waals surface area contributed by atoms with Crippen LogP contribution in [0.5, 0.6) is 0 Å². The topological polar surface area (TPSA) is 17.1 Å². The number of hydrogen-bond donors (Lipinski definition) is 0. The zero-order valence-corrected chi connectivity index (χ0v) is 42.9. The van der Waals surface area contributed by atoms with Gasteiger partial charge >= 0.3 is 21.1 Å². The molecule has 0 aliphatic heterocycles. The van der Waals surface area contributed by atoms with E-state index in [9.17, 15) is 4.79 Å². The van der Waals surface area contributed by atoms with Crippen molar-refractivity contribution in [3.05, 3.63) is 254 Å². The fraction of sp³-hybridized carbons (Fsp3) is 0.140. The molecule has 324 valence electrons. The minimum absolute atomic E-state index is 0. The van der Waals surface area contributed by atoms with E-state index in [1.54, 1.807) is 11.8 Å². The maximum absolute atomic E-state index is 12.7. The smallest absolute Gasteiger partial charge is 0.773 e. The molecule has 8 aromatic rings. The van der Waals surface area contributed by atoms with Crippen molar-refractivity contribution in [1.82, 2.24) is 0 Å². The van der Waals surface area contributed by atoms with Crippen LogP contribution in [-0.2, 0) is 55.2 Å². The maximum atomic E-state index is 12.7. The van der Waals surface area contributed by atoms with Gasteiger partial charge in [0.05, 0.1) is 0 Å². The molecule has 8 aromatic carbocycles. The normalized spacial score (nSPS) is 14.4. The first-order valence-corrected chi connectivity index (χ1v) is 25.5. The number of carbonyl (C=O) groups excluding carboxylic acids is 1. The molecule has 0 heterocycles. The van der Waals surface area contributed by atoms with E-state index < -0.39 is 34.8 Å². The second kappa shape index (κ2) is 22.5. The number of carbonyl (C=O) groups is 1. The quantitative estimate of drug-likeness (QED) is 0.100. The maximum Gasteiger partial charge on any atom is 2.00 e. The zero-order valence-electron chi connectivity index (χ0n) is 36.4. The predicted octanol–water partition coefficient (Wildman–Crippen LogP) is 11.9. The molecular formula is C57H52OP2PtS3. The van der Waals surface area contributed by atoms with Crippen molar-refractivity contribution in [2.45, 2.75) is 35.9 Å². The number of Topliss-reactive ketones (excluding diaryl/α,β-unsaturated/α-hetero) is 1. The van der Waals surface area contributed by atoms with Crippen LogP contribution in [0.15, 0.2) is 243 Å². The third-order valence-electron chi connectivity index (χ3n) is 11.5. The first-order chi connectivity index (χ1) is 30.5. The Morgan fingerprint density at radius 3 is 0.766 bits per heavy atom. The summed E-state index contributed by atoms with van der Waals surface area (Å²) in [6, 6.07) is 84.8. The van der Waals surface area contributed by atoms with Gasteiger partial charge in [-0.3, -0.25) is 4.79 Å². The molecule has 0 amide bonds. The van der Waals surface area contributed by atoms with Crippen molar-refractivity contribution in [3.8, 4) is 0 Å². The van der Waals surface area contributed by atoms with E-state index in [1.165, 1.54) is 31.8 Å². The van der Waals surface area contributed by atoms with Gasteiger partial charge < -0.3 is 25.3 Å². The number of ketones is 1. The average Bonchev–Trinajstić information content (AvgIpc) is 3.34. The van der Waals surface area contributed by atoms with Gasteiger partial charge in [0.2, 0.25) is 0 Å². The third kappa shape index (κ3) is 10.8. The SMILES string of the molecule is CC1(C)C(=O)C(C)(C)C1([S-])SC([S-])(c1ccccc1)c1ccccc1.[Pt+2].c1ccc(P(c2ccccc2)c2ccccc2)cc1.c1ccc(P(c2ccccc2)c2ccccc2)cc1. The first-order valence-electron chi connectivity index (χ1n) is 21.1. The van der Waals surface area contributed by atoms with Crippen LogP contribution < -0.4 is 31.8 Å². The molecule has 1 aliphatic rings. The summed E-state index contributed by atoms with van der Waals surface area (Å²) in [6.45, 7) is 7.80. The molecule has 0 N–H and O–H groups in total. The van der Waals surface area contributed by atoms with Gasteiger partial charge in [0.1, 0.15) is 5.78 Å². The molecule has 0 unspecified atom stereocenters. The molecule has 64 heavy (non-hydrogen) atoms. The summed E-state index contributed by atoms with van der Waals surface area (Å²) in [4.78, 5) is 12.7. The minimum atomic E-state index is -0.737. The fourth-order valence-electron chi connectivity index (χ4n) is 8.21. The molecule has 0 aromatic heterocycles. The number of hydrogen-bond acceptors (Lipinski definition) is 4. The summed E-state index contributed by atoms with van der Waals surface area (Å²) in [5, 5.41) is 8.39. The molecule has 0 atom stereocenters. The van der Waals surface area contributed by atoms with Crippen LogP contribution in [0.4, 0.5) is 0 Å². The van der Waals surface area contributed by atoms with Gasteiger partial charge in [-0.15, -0.1) is 0 Å². The Labute approximate surface area is 413 Å². The third-order valence-corrected chi connectivity index (χ3v) is 20.4. The van der Waals surface area contributed by atoms with Gasteiger partial charge in [-0.2, -0.15) is 11.8 Å². The molecule has 0 bridgehead atoms. The summed E-state index contributed by atoms with van der Waals surface area (Å²) in [6.07, 6.45) is 0. The van der Waals surface area contributed by atoms with E-state index in [0.717, 1.165) is 11.1 Å². The molecule has 1 saturated carbocycles. The number of rotatable bonds is 10. The van der Waals surface area contributed by atoms with Crippen molar-refractivity contribution in [2.24, 2.45) is 10.8 Å². The predicted molar refractivity (Wildman–Crippen MR) is 282 cm³/mol. The molecule has 7 heteroatoms. The Bertz CT molecular complexity index is 2260. The van der Waals surface area contributed by atoms with E-state index in [-0.39, 0.29) is 26.8 Å². The monoisotopic (exact) mass is 1110 g/mol. The second-order valence-electron chi connectivity index (χ2n) is 16.3. The van der Waals surface area contributed by atoms with Gasteiger partial charge in [-0.1, -0.05) is 290 Å². The van der Waals surface area contributed by atoms with Crippen LogP contribution in [0.2, 0.25) is 0 Å². The molecule has 0 radical (unpaired) electrons. The number of thioether (sulfide) groups is 1. The van der Waals surface area contributed by atoms with Crippen LogP contribution in [0.3, 0.4) is 0 Å². The van der Waals surface area contributed by atoms with Crippen molar-refractivity contribution in [2.75, 3.05) is 0 Å². The van der Waals surface area contributed by atoms with Crippen LogP contribution in [0.1, 0.15) is 38.8 Å². The average molecular weight is 1110 g/mol. The van der Waals surface area contributed by atoms with Crippen molar-refractivity contribution in [3.63, 3.8) is 0 Å². The van der Waals surface area contributed by atoms with Crippen LogP contribution >= 0.6 is 27.6 Å².